The van der Waals surface area contributed by atoms with Gasteiger partial charge in [0.15, 0.2) is 4.80 Å². The summed E-state index contributed by atoms with van der Waals surface area (Å²) in [5, 5.41) is 11.9. The smallest absolute Gasteiger partial charge is 0.338 e. The summed E-state index contributed by atoms with van der Waals surface area (Å²) >= 11 is 6.90. The summed E-state index contributed by atoms with van der Waals surface area (Å²) in [5.74, 6) is -0.230. The Kier molecular flexibility index (Phi) is 6.70. The number of hydrogen-bond acceptors (Lipinski definition) is 7. The molecule has 1 N–H and O–H groups in total. The molecule has 1 aliphatic heterocycles. The molecule has 1 atom stereocenters. The van der Waals surface area contributed by atoms with Crippen LogP contribution in [0.4, 0.5) is 0 Å². The van der Waals surface area contributed by atoms with Crippen LogP contribution in [0.3, 0.4) is 0 Å². The Morgan fingerprint density at radius 1 is 1.35 bits per heavy atom. The van der Waals surface area contributed by atoms with Crippen molar-refractivity contribution in [2.75, 3.05) is 6.61 Å². The molecule has 1 aliphatic rings. The number of thiazole rings is 1. The van der Waals surface area contributed by atoms with Gasteiger partial charge in [-0.05, 0) is 94.2 Å². The molecule has 0 aliphatic carbocycles. The number of esters is 1. The Hall–Kier alpha value is -1.51. The number of allylic oxidation sites excluding steroid dienone is 1. The van der Waals surface area contributed by atoms with Gasteiger partial charge in [-0.1, -0.05) is 17.4 Å². The van der Waals surface area contributed by atoms with Crippen LogP contribution in [0.1, 0.15) is 30.3 Å². The van der Waals surface area contributed by atoms with Crippen LogP contribution in [0.2, 0.25) is 0 Å². The van der Waals surface area contributed by atoms with Gasteiger partial charge in [-0.3, -0.25) is 9.36 Å². The van der Waals surface area contributed by atoms with Gasteiger partial charge in [-0.2, -0.15) is 0 Å². The topological polar surface area (TPSA) is 80.9 Å². The SMILES string of the molecule is CCOC(=O)C1=C(C)N=c2sc(=Cc3cc(I)c(O)c(I)c3)c(=O)n2C1c1cccs1. The van der Waals surface area contributed by atoms with Crippen molar-refractivity contribution in [3.05, 3.63) is 78.2 Å². The number of carbonyl (C=O) groups is 1. The van der Waals surface area contributed by atoms with Gasteiger partial charge >= 0.3 is 5.97 Å². The third-order valence-corrected chi connectivity index (χ3v) is 8.22. The molecule has 6 nitrogen and oxygen atoms in total. The first kappa shape index (κ1) is 22.7. The van der Waals surface area contributed by atoms with Crippen molar-refractivity contribution < 1.29 is 14.6 Å². The van der Waals surface area contributed by atoms with Crippen molar-refractivity contribution in [3.8, 4) is 5.75 Å². The third kappa shape index (κ3) is 4.26. The second-order valence-electron chi connectivity index (χ2n) is 6.65. The van der Waals surface area contributed by atoms with E-state index in [1.807, 2.05) is 29.6 Å². The molecule has 0 fully saturated rings. The van der Waals surface area contributed by atoms with Crippen molar-refractivity contribution in [2.24, 2.45) is 4.99 Å². The minimum atomic E-state index is -0.572. The highest BCUT2D eigenvalue weighted by Crippen LogP contribution is 2.33. The second-order valence-corrected chi connectivity index (χ2v) is 11.0. The first-order valence-corrected chi connectivity index (χ1v) is 13.1. The average molecular weight is 678 g/mol. The predicted molar refractivity (Wildman–Crippen MR) is 138 cm³/mol. The van der Waals surface area contributed by atoms with Crippen LogP contribution in [-0.4, -0.2) is 22.2 Å². The fraction of sp³-hybridized carbons (Fsp3) is 0.190. The lowest BCUT2D eigenvalue weighted by molar-refractivity contribution is -0.139. The minimum absolute atomic E-state index is 0.213. The highest BCUT2D eigenvalue weighted by molar-refractivity contribution is 14.1. The number of phenols is 1. The summed E-state index contributed by atoms with van der Waals surface area (Å²) < 4.78 is 8.79. The van der Waals surface area contributed by atoms with Crippen molar-refractivity contribution in [3.63, 3.8) is 0 Å². The maximum atomic E-state index is 13.5. The summed E-state index contributed by atoms with van der Waals surface area (Å²) in [6, 6.07) is 6.88. The van der Waals surface area contributed by atoms with Gasteiger partial charge in [-0.25, -0.2) is 9.79 Å². The number of benzene rings is 1. The van der Waals surface area contributed by atoms with Crippen LogP contribution in [0.25, 0.3) is 6.08 Å². The van der Waals surface area contributed by atoms with Gasteiger partial charge < -0.3 is 9.84 Å². The third-order valence-electron chi connectivity index (χ3n) is 4.67. The van der Waals surface area contributed by atoms with Gasteiger partial charge in [-0.15, -0.1) is 11.3 Å². The molecule has 2 aromatic heterocycles. The summed E-state index contributed by atoms with van der Waals surface area (Å²) in [5.41, 5.74) is 1.54. The number of rotatable bonds is 4. The molecule has 3 aromatic rings. The van der Waals surface area contributed by atoms with Gasteiger partial charge in [0, 0.05) is 4.88 Å². The van der Waals surface area contributed by atoms with Crippen LogP contribution >= 0.6 is 67.9 Å². The number of hydrogen-bond donors (Lipinski definition) is 1. The summed E-state index contributed by atoms with van der Waals surface area (Å²) in [6.07, 6.45) is 1.79. The number of thiophene rings is 1. The van der Waals surface area contributed by atoms with Crippen molar-refractivity contribution >= 4 is 79.9 Å². The summed E-state index contributed by atoms with van der Waals surface area (Å²) in [6.45, 7) is 3.77. The van der Waals surface area contributed by atoms with Crippen LogP contribution in [0.15, 0.2) is 50.7 Å². The van der Waals surface area contributed by atoms with Gasteiger partial charge in [0.1, 0.15) is 11.8 Å². The number of phenolic OH excluding ortho intramolecular Hbond substituents is 1. The number of aromatic hydroxyl groups is 1. The van der Waals surface area contributed by atoms with E-state index in [4.69, 9.17) is 4.74 Å². The number of fused-ring (bicyclic) bond motifs is 1. The Morgan fingerprint density at radius 2 is 2.06 bits per heavy atom. The van der Waals surface area contributed by atoms with Gasteiger partial charge in [0.25, 0.3) is 5.56 Å². The fourth-order valence-corrected chi connectivity index (χ4v) is 7.01. The highest BCUT2D eigenvalue weighted by atomic mass is 127. The van der Waals surface area contributed by atoms with E-state index in [1.54, 1.807) is 24.5 Å². The lowest BCUT2D eigenvalue weighted by Crippen LogP contribution is -2.39. The lowest BCUT2D eigenvalue weighted by atomic mass is 10.0. The van der Waals surface area contributed by atoms with E-state index in [-0.39, 0.29) is 17.9 Å². The first-order valence-electron chi connectivity index (χ1n) is 9.23. The van der Waals surface area contributed by atoms with Crippen LogP contribution in [0, 0.1) is 7.14 Å². The zero-order chi connectivity index (χ0) is 22.3. The Labute approximate surface area is 212 Å². The van der Waals surface area contributed by atoms with E-state index >= 15 is 0 Å². The predicted octanol–water partition coefficient (Wildman–Crippen LogP) is 3.77. The molecular weight excluding hydrogens is 662 g/mol. The van der Waals surface area contributed by atoms with Crippen LogP contribution in [-0.2, 0) is 9.53 Å². The van der Waals surface area contributed by atoms with E-state index < -0.39 is 12.0 Å². The Morgan fingerprint density at radius 3 is 2.68 bits per heavy atom. The molecule has 4 rings (SSSR count). The molecule has 3 heterocycles. The molecule has 160 valence electrons. The quantitative estimate of drug-likeness (QED) is 0.337. The zero-order valence-corrected chi connectivity index (χ0v) is 22.3. The van der Waals surface area contributed by atoms with Crippen molar-refractivity contribution in [2.45, 2.75) is 19.9 Å². The second kappa shape index (κ2) is 9.16. The largest absolute Gasteiger partial charge is 0.506 e. The molecular formula is C21H16I2N2O4S2. The molecule has 0 spiro atoms. The number of ether oxygens (including phenoxy) is 1. The van der Waals surface area contributed by atoms with E-state index in [1.165, 1.54) is 22.7 Å². The first-order chi connectivity index (χ1) is 14.8. The van der Waals surface area contributed by atoms with Crippen molar-refractivity contribution in [1.29, 1.82) is 0 Å². The van der Waals surface area contributed by atoms with Crippen LogP contribution < -0.4 is 14.9 Å². The van der Waals surface area contributed by atoms with E-state index in [0.717, 1.165) is 10.4 Å². The van der Waals surface area contributed by atoms with E-state index in [9.17, 15) is 14.7 Å². The van der Waals surface area contributed by atoms with Crippen LogP contribution in [0.5, 0.6) is 5.75 Å². The Balaban J connectivity index is 1.94. The monoisotopic (exact) mass is 678 g/mol. The Bertz CT molecular complexity index is 1360. The summed E-state index contributed by atoms with van der Waals surface area (Å²) in [7, 11) is 0. The molecule has 1 aromatic carbocycles. The van der Waals surface area contributed by atoms with E-state index in [0.29, 0.717) is 27.7 Å². The number of halogens is 2. The number of nitrogens with zero attached hydrogens (tertiary/aromatic N) is 2. The molecule has 0 radical (unpaired) electrons. The lowest BCUT2D eigenvalue weighted by Gasteiger charge is -2.23. The normalized spacial score (nSPS) is 16.3. The standard InChI is InChI=1S/C21H16I2N2O4S2/c1-3-29-20(28)16-10(2)24-21-25(17(16)14-5-4-6-30-14)19(27)15(31-21)9-11-7-12(22)18(26)13(23)8-11/h4-9,17,26H,3H2,1-2H3. The fourth-order valence-electron chi connectivity index (χ4n) is 3.33. The molecule has 0 bridgehead atoms. The average Bonchev–Trinajstić information content (AvgIpc) is 3.34. The molecule has 10 heteroatoms. The zero-order valence-electron chi connectivity index (χ0n) is 16.4. The van der Waals surface area contributed by atoms with Crippen molar-refractivity contribution in [1.82, 2.24) is 4.57 Å². The molecule has 0 amide bonds. The maximum absolute atomic E-state index is 13.5. The number of aromatic nitrogens is 1. The molecule has 31 heavy (non-hydrogen) atoms. The van der Waals surface area contributed by atoms with Gasteiger partial charge in [0.2, 0.25) is 0 Å². The number of carbonyl (C=O) groups excluding carboxylic acids is 1. The highest BCUT2D eigenvalue weighted by Gasteiger charge is 2.33. The maximum Gasteiger partial charge on any atom is 0.338 e. The minimum Gasteiger partial charge on any atom is -0.506 e. The van der Waals surface area contributed by atoms with Gasteiger partial charge in [0.05, 0.1) is 29.5 Å². The molecule has 1 unspecified atom stereocenters. The van der Waals surface area contributed by atoms with E-state index in [2.05, 4.69) is 50.2 Å². The molecule has 0 saturated heterocycles. The molecule has 0 saturated carbocycles. The summed E-state index contributed by atoms with van der Waals surface area (Å²) in [4.78, 5) is 32.2.